The third-order valence-electron chi connectivity index (χ3n) is 5.27. The summed E-state index contributed by atoms with van der Waals surface area (Å²) in [5.41, 5.74) is 2.29. The Bertz CT molecular complexity index is 866. The number of aliphatic carboxylic acids is 1. The predicted molar refractivity (Wildman–Crippen MR) is 113 cm³/mol. The zero-order valence-corrected chi connectivity index (χ0v) is 17.9. The third kappa shape index (κ3) is 4.53. The van der Waals surface area contributed by atoms with Crippen molar-refractivity contribution in [1.29, 1.82) is 0 Å². The summed E-state index contributed by atoms with van der Waals surface area (Å²) in [6, 6.07) is 7.23. The van der Waals surface area contributed by atoms with Crippen molar-refractivity contribution in [2.24, 2.45) is 0 Å². The van der Waals surface area contributed by atoms with E-state index in [-0.39, 0.29) is 0 Å². The van der Waals surface area contributed by atoms with Crippen LogP contribution in [0, 0.1) is 0 Å². The molecule has 2 N–H and O–H groups in total. The molecule has 3 atom stereocenters. The van der Waals surface area contributed by atoms with Crippen LogP contribution in [0.2, 0.25) is 0 Å². The highest BCUT2D eigenvalue weighted by atomic mass is 31.2. The molecule has 0 aliphatic carbocycles. The number of aromatic nitrogens is 1. The first-order valence-corrected chi connectivity index (χ1v) is 11.6. The van der Waals surface area contributed by atoms with Gasteiger partial charge in [-0.3, -0.25) is 14.3 Å². The van der Waals surface area contributed by atoms with E-state index in [0.29, 0.717) is 29.3 Å². The highest BCUT2D eigenvalue weighted by Crippen LogP contribution is 2.56. The first kappa shape index (κ1) is 22.3. The average molecular weight is 403 g/mol. The van der Waals surface area contributed by atoms with E-state index in [1.165, 1.54) is 0 Å². The molecule has 3 unspecified atom stereocenters. The Morgan fingerprint density at radius 1 is 1.14 bits per heavy atom. The Kier molecular flexibility index (Phi) is 7.56. The molecule has 0 fully saturated rings. The van der Waals surface area contributed by atoms with Crippen molar-refractivity contribution < 1.29 is 19.4 Å². The zero-order valence-electron chi connectivity index (χ0n) is 17.1. The molecule has 6 heteroatoms. The Hall–Kier alpha value is -1.97. The molecular weight excluding hydrogens is 373 g/mol. The average Bonchev–Trinajstić information content (AvgIpc) is 2.68. The molecule has 0 amide bonds. The lowest BCUT2D eigenvalue weighted by Crippen LogP contribution is -2.24. The number of hydrogen-bond acceptors (Lipinski definition) is 3. The summed E-state index contributed by atoms with van der Waals surface area (Å²) in [7, 11) is -3.82. The molecule has 5 nitrogen and oxygen atoms in total. The smallest absolute Gasteiger partial charge is 0.310 e. The number of rotatable bonds is 9. The van der Waals surface area contributed by atoms with E-state index in [0.717, 1.165) is 24.0 Å². The molecule has 1 aromatic carbocycles. The van der Waals surface area contributed by atoms with Gasteiger partial charge in [-0.25, -0.2) is 0 Å². The first-order valence-electron chi connectivity index (χ1n) is 9.86. The summed E-state index contributed by atoms with van der Waals surface area (Å²) in [6.45, 7) is 7.41. The fourth-order valence-electron chi connectivity index (χ4n) is 3.64. The van der Waals surface area contributed by atoms with Crippen molar-refractivity contribution in [2.75, 3.05) is 0 Å². The van der Waals surface area contributed by atoms with Crippen molar-refractivity contribution in [3.05, 3.63) is 58.9 Å². The monoisotopic (exact) mass is 403 g/mol. The molecule has 0 aliphatic heterocycles. The van der Waals surface area contributed by atoms with Gasteiger partial charge in [0.1, 0.15) is 0 Å². The summed E-state index contributed by atoms with van der Waals surface area (Å²) < 4.78 is 13.8. The van der Waals surface area contributed by atoms with Gasteiger partial charge in [0.05, 0.1) is 11.6 Å². The summed E-state index contributed by atoms with van der Waals surface area (Å²) >= 11 is 0. The number of carbonyl (C=O) groups is 1. The molecule has 152 valence electrons. The van der Waals surface area contributed by atoms with Gasteiger partial charge in [0.25, 0.3) is 0 Å². The molecule has 0 saturated heterocycles. The van der Waals surface area contributed by atoms with Gasteiger partial charge in [0.2, 0.25) is 7.37 Å². The molecule has 0 spiro atoms. The largest absolute Gasteiger partial charge is 0.481 e. The Morgan fingerprint density at radius 3 is 2.36 bits per heavy atom. The molecule has 0 bridgehead atoms. The number of hydrogen-bond donors (Lipinski definition) is 2. The molecule has 0 radical (unpaired) electrons. The summed E-state index contributed by atoms with van der Waals surface area (Å²) in [4.78, 5) is 27.1. The quantitative estimate of drug-likeness (QED) is 0.586. The molecule has 0 saturated carbocycles. The van der Waals surface area contributed by atoms with Crippen molar-refractivity contribution in [2.45, 2.75) is 65.0 Å². The van der Waals surface area contributed by atoms with Gasteiger partial charge < -0.3 is 10.00 Å². The van der Waals surface area contributed by atoms with Crippen LogP contribution in [0.1, 0.15) is 74.4 Å². The zero-order chi connectivity index (χ0) is 20.9. The minimum Gasteiger partial charge on any atom is -0.481 e. The normalized spacial score (nSPS) is 15.6. The molecule has 0 aliphatic rings. The fourth-order valence-corrected chi connectivity index (χ4v) is 5.81. The summed E-state index contributed by atoms with van der Waals surface area (Å²) in [5.74, 6) is -1.66. The predicted octanol–water partition coefficient (Wildman–Crippen LogP) is 4.83. The van der Waals surface area contributed by atoms with Gasteiger partial charge in [0, 0.05) is 17.7 Å². The molecule has 1 heterocycles. The molecule has 1 aromatic heterocycles. The number of aryl methyl sites for hydroxylation is 1. The summed E-state index contributed by atoms with van der Waals surface area (Å²) in [5, 5.41) is 10.00. The lowest BCUT2D eigenvalue weighted by molar-refractivity contribution is -0.138. The van der Waals surface area contributed by atoms with Crippen molar-refractivity contribution in [3.63, 3.8) is 0 Å². The maximum absolute atomic E-state index is 13.8. The second-order valence-corrected chi connectivity index (χ2v) is 9.75. The number of carboxylic acids is 1. The number of benzene rings is 1. The van der Waals surface area contributed by atoms with Crippen LogP contribution in [-0.2, 0) is 22.2 Å². The van der Waals surface area contributed by atoms with Gasteiger partial charge in [-0.15, -0.1) is 0 Å². The maximum atomic E-state index is 13.8. The Labute approximate surface area is 167 Å². The van der Waals surface area contributed by atoms with E-state index in [4.69, 9.17) is 0 Å². The van der Waals surface area contributed by atoms with Crippen LogP contribution in [0.25, 0.3) is 0 Å². The van der Waals surface area contributed by atoms with Crippen molar-refractivity contribution >= 4 is 18.6 Å². The van der Waals surface area contributed by atoms with Gasteiger partial charge in [-0.1, -0.05) is 44.9 Å². The Balaban J connectivity index is 2.75. The van der Waals surface area contributed by atoms with Gasteiger partial charge in [-0.2, -0.15) is 0 Å². The van der Waals surface area contributed by atoms with Crippen LogP contribution in [0.4, 0.5) is 0 Å². The van der Waals surface area contributed by atoms with Gasteiger partial charge >= 0.3 is 5.97 Å². The first-order chi connectivity index (χ1) is 13.3. The van der Waals surface area contributed by atoms with Gasteiger partial charge in [0.15, 0.2) is 0 Å². The van der Waals surface area contributed by atoms with E-state index in [1.807, 2.05) is 32.0 Å². The van der Waals surface area contributed by atoms with E-state index >= 15 is 0 Å². The van der Waals surface area contributed by atoms with E-state index in [1.54, 1.807) is 32.3 Å². The maximum Gasteiger partial charge on any atom is 0.310 e. The van der Waals surface area contributed by atoms with Crippen LogP contribution in [0.3, 0.4) is 0 Å². The van der Waals surface area contributed by atoms with E-state index in [2.05, 4.69) is 4.98 Å². The van der Waals surface area contributed by atoms with Crippen LogP contribution < -0.4 is 5.30 Å². The Morgan fingerprint density at radius 2 is 1.82 bits per heavy atom. The number of pyridine rings is 1. The number of carboxylic acid groups (broad SMARTS) is 1. The molecule has 28 heavy (non-hydrogen) atoms. The minimum atomic E-state index is -3.82. The van der Waals surface area contributed by atoms with Crippen molar-refractivity contribution in [3.8, 4) is 0 Å². The third-order valence-corrected chi connectivity index (χ3v) is 7.82. The molecular formula is C22H30NO4P. The second-order valence-electron chi connectivity index (χ2n) is 7.29. The van der Waals surface area contributed by atoms with E-state index in [9.17, 15) is 19.4 Å². The van der Waals surface area contributed by atoms with Crippen molar-refractivity contribution in [1.82, 2.24) is 4.98 Å². The second kappa shape index (κ2) is 9.49. The SMILES string of the molecule is CCCc1ccc(C(C)C(=O)O)c(CCC)c1P(=O)(O)C(C)c1cccnc1. The summed E-state index contributed by atoms with van der Waals surface area (Å²) in [6.07, 6.45) is 6.12. The highest BCUT2D eigenvalue weighted by Gasteiger charge is 2.36. The topological polar surface area (TPSA) is 87.5 Å². The molecule has 2 rings (SSSR count). The molecule has 2 aromatic rings. The van der Waals surface area contributed by atoms with Crippen LogP contribution in [0.15, 0.2) is 36.7 Å². The van der Waals surface area contributed by atoms with Crippen LogP contribution >= 0.6 is 7.37 Å². The highest BCUT2D eigenvalue weighted by molar-refractivity contribution is 7.66. The van der Waals surface area contributed by atoms with Crippen LogP contribution in [-0.4, -0.2) is 21.0 Å². The lowest BCUT2D eigenvalue weighted by atomic mass is 9.90. The van der Waals surface area contributed by atoms with Crippen LogP contribution in [0.5, 0.6) is 0 Å². The van der Waals surface area contributed by atoms with Gasteiger partial charge in [-0.05, 0) is 55.0 Å². The van der Waals surface area contributed by atoms with E-state index < -0.39 is 24.9 Å². The standard InChI is InChI=1S/C22H30NO4P/c1-5-8-17-11-12-19(15(3)22(24)25)20(9-6-2)21(17)28(26,27)16(4)18-10-7-13-23-14-18/h7,10-16H,5-6,8-9H2,1-4H3,(H,24,25)(H,26,27). The minimum absolute atomic E-state index is 0.457. The lowest BCUT2D eigenvalue weighted by Gasteiger charge is -2.27. The fraction of sp³-hybridized carbons (Fsp3) is 0.455. The number of nitrogens with zero attached hydrogens (tertiary/aromatic N) is 1.